The van der Waals surface area contributed by atoms with Gasteiger partial charge >= 0.3 is 0 Å². The summed E-state index contributed by atoms with van der Waals surface area (Å²) in [5.74, 6) is -0.0310. The third-order valence-electron chi connectivity index (χ3n) is 4.10. The second kappa shape index (κ2) is 8.66. The van der Waals surface area contributed by atoms with Gasteiger partial charge in [-0.05, 0) is 38.5 Å². The number of hydrogen-bond acceptors (Lipinski definition) is 3. The van der Waals surface area contributed by atoms with E-state index >= 15 is 0 Å². The average molecular weight is 329 g/mol. The van der Waals surface area contributed by atoms with Crippen LogP contribution in [0.1, 0.15) is 27.3 Å². The molecule has 0 aliphatic rings. The number of methoxy groups -OCH3 is 1. The molecule has 1 aromatic heterocycles. The quantitative estimate of drug-likeness (QED) is 0.731. The highest BCUT2D eigenvalue weighted by atomic mass is 16.5. The van der Waals surface area contributed by atoms with Crippen molar-refractivity contribution in [1.82, 2.24) is 15.2 Å². The number of hydrogen-bond donors (Lipinski definition) is 2. The van der Waals surface area contributed by atoms with Gasteiger partial charge in [-0.3, -0.25) is 4.79 Å². The van der Waals surface area contributed by atoms with Crippen LogP contribution in [0.4, 0.5) is 0 Å². The number of carbonyl (C=O) groups is 1. The van der Waals surface area contributed by atoms with Crippen LogP contribution in [0, 0.1) is 20.8 Å². The molecule has 2 aromatic rings. The number of aromatic nitrogens is 1. The summed E-state index contributed by atoms with van der Waals surface area (Å²) in [5, 5.41) is 6.18. The number of amides is 1. The van der Waals surface area contributed by atoms with E-state index in [1.54, 1.807) is 7.11 Å². The zero-order valence-electron chi connectivity index (χ0n) is 15.0. The van der Waals surface area contributed by atoms with E-state index in [0.29, 0.717) is 13.2 Å². The summed E-state index contributed by atoms with van der Waals surface area (Å²) < 4.78 is 7.11. The van der Waals surface area contributed by atoms with E-state index in [1.807, 2.05) is 32.0 Å². The molecular formula is C19H27N3O2. The molecular weight excluding hydrogens is 302 g/mol. The van der Waals surface area contributed by atoms with Gasteiger partial charge in [-0.2, -0.15) is 0 Å². The van der Waals surface area contributed by atoms with Crippen molar-refractivity contribution in [2.75, 3.05) is 33.4 Å². The van der Waals surface area contributed by atoms with Crippen LogP contribution < -0.4 is 10.6 Å². The van der Waals surface area contributed by atoms with Crippen molar-refractivity contribution in [3.63, 3.8) is 0 Å². The molecule has 0 radical (unpaired) electrons. The van der Waals surface area contributed by atoms with Gasteiger partial charge in [-0.15, -0.1) is 0 Å². The van der Waals surface area contributed by atoms with Gasteiger partial charge in [0.05, 0.1) is 12.2 Å². The molecule has 24 heavy (non-hydrogen) atoms. The molecule has 0 atom stereocenters. The summed E-state index contributed by atoms with van der Waals surface area (Å²) in [6, 6.07) is 10.2. The van der Waals surface area contributed by atoms with E-state index in [4.69, 9.17) is 4.74 Å². The van der Waals surface area contributed by atoms with E-state index in [2.05, 4.69) is 34.3 Å². The predicted octanol–water partition coefficient (Wildman–Crippen LogP) is 2.37. The summed E-state index contributed by atoms with van der Waals surface area (Å²) >= 11 is 0. The van der Waals surface area contributed by atoms with Crippen molar-refractivity contribution >= 4 is 5.91 Å². The summed E-state index contributed by atoms with van der Waals surface area (Å²) in [4.78, 5) is 12.5. The molecule has 0 aliphatic carbocycles. The van der Waals surface area contributed by atoms with Gasteiger partial charge < -0.3 is 19.9 Å². The van der Waals surface area contributed by atoms with Gasteiger partial charge in [0.2, 0.25) is 0 Å². The highest BCUT2D eigenvalue weighted by Crippen LogP contribution is 2.23. The van der Waals surface area contributed by atoms with E-state index in [-0.39, 0.29) is 5.91 Å². The van der Waals surface area contributed by atoms with Crippen molar-refractivity contribution in [3.05, 3.63) is 52.8 Å². The number of nitrogens with one attached hydrogen (secondary N) is 2. The Morgan fingerprint density at radius 1 is 1.12 bits per heavy atom. The third kappa shape index (κ3) is 4.24. The molecule has 0 fully saturated rings. The lowest BCUT2D eigenvalue weighted by molar-refractivity contribution is 0.0953. The Morgan fingerprint density at radius 3 is 2.58 bits per heavy atom. The molecule has 0 spiro atoms. The van der Waals surface area contributed by atoms with Crippen LogP contribution in [0.2, 0.25) is 0 Å². The number of carbonyl (C=O) groups excluding carboxylic acids is 1. The number of nitrogens with zero attached hydrogens (tertiary/aromatic N) is 1. The summed E-state index contributed by atoms with van der Waals surface area (Å²) in [7, 11) is 1.67. The van der Waals surface area contributed by atoms with Gasteiger partial charge in [-0.25, -0.2) is 0 Å². The van der Waals surface area contributed by atoms with Crippen LogP contribution >= 0.6 is 0 Å². The lowest BCUT2D eigenvalue weighted by Gasteiger charge is -2.13. The van der Waals surface area contributed by atoms with Gasteiger partial charge in [0, 0.05) is 43.8 Å². The fourth-order valence-corrected chi connectivity index (χ4v) is 2.84. The Morgan fingerprint density at radius 2 is 1.88 bits per heavy atom. The highest BCUT2D eigenvalue weighted by molar-refractivity contribution is 5.95. The second-order valence-corrected chi connectivity index (χ2v) is 5.91. The number of benzene rings is 1. The summed E-state index contributed by atoms with van der Waals surface area (Å²) in [6.45, 7) is 8.88. The molecule has 1 heterocycles. The molecule has 5 nitrogen and oxygen atoms in total. The molecule has 0 bridgehead atoms. The Labute approximate surface area is 144 Å². The lowest BCUT2D eigenvalue weighted by Crippen LogP contribution is -2.33. The number of ether oxygens (including phenoxy) is 1. The smallest absolute Gasteiger partial charge is 0.253 e. The maximum atomic E-state index is 12.5. The molecule has 2 N–H and O–H groups in total. The maximum Gasteiger partial charge on any atom is 0.253 e. The molecule has 0 unspecified atom stereocenters. The third-order valence-corrected chi connectivity index (χ3v) is 4.10. The lowest BCUT2D eigenvalue weighted by atomic mass is 10.2. The fraction of sp³-hybridized carbons (Fsp3) is 0.421. The topological polar surface area (TPSA) is 55.3 Å². The van der Waals surface area contributed by atoms with E-state index < -0.39 is 0 Å². The average Bonchev–Trinajstić information content (AvgIpc) is 2.86. The molecule has 0 saturated heterocycles. The molecule has 0 aliphatic heterocycles. The highest BCUT2D eigenvalue weighted by Gasteiger charge is 2.16. The fourth-order valence-electron chi connectivity index (χ4n) is 2.84. The van der Waals surface area contributed by atoms with E-state index in [9.17, 15) is 4.79 Å². The molecule has 0 saturated carbocycles. The minimum Gasteiger partial charge on any atom is -0.383 e. The second-order valence-electron chi connectivity index (χ2n) is 5.91. The first-order chi connectivity index (χ1) is 11.6. The van der Waals surface area contributed by atoms with Crippen LogP contribution in [0.3, 0.4) is 0 Å². The van der Waals surface area contributed by atoms with Crippen LogP contribution in [-0.4, -0.2) is 43.8 Å². The van der Waals surface area contributed by atoms with Crippen molar-refractivity contribution in [3.8, 4) is 5.69 Å². The maximum absolute atomic E-state index is 12.5. The van der Waals surface area contributed by atoms with Crippen molar-refractivity contribution in [1.29, 1.82) is 0 Å². The van der Waals surface area contributed by atoms with Gasteiger partial charge in [0.1, 0.15) is 0 Å². The normalized spacial score (nSPS) is 10.8. The van der Waals surface area contributed by atoms with Crippen LogP contribution in [-0.2, 0) is 4.74 Å². The number of para-hydroxylation sites is 1. The molecule has 130 valence electrons. The molecule has 2 rings (SSSR count). The monoisotopic (exact) mass is 329 g/mol. The van der Waals surface area contributed by atoms with Crippen LogP contribution in [0.15, 0.2) is 30.3 Å². The molecule has 1 aromatic carbocycles. The zero-order chi connectivity index (χ0) is 17.5. The zero-order valence-corrected chi connectivity index (χ0v) is 15.0. The molecule has 1 amide bonds. The standard InChI is InChI=1S/C19H27N3O2/c1-14-7-5-6-8-18(14)22-15(2)13-17(16(22)3)19(23)21-10-9-20-11-12-24-4/h5-8,13,20H,9-12H2,1-4H3,(H,21,23). The summed E-state index contributed by atoms with van der Waals surface area (Å²) in [6.07, 6.45) is 0. The minimum atomic E-state index is -0.0310. The number of rotatable bonds is 8. The first-order valence-corrected chi connectivity index (χ1v) is 8.29. The van der Waals surface area contributed by atoms with E-state index in [1.165, 1.54) is 5.56 Å². The van der Waals surface area contributed by atoms with Crippen LogP contribution in [0.25, 0.3) is 5.69 Å². The van der Waals surface area contributed by atoms with Crippen molar-refractivity contribution < 1.29 is 9.53 Å². The van der Waals surface area contributed by atoms with Crippen molar-refractivity contribution in [2.45, 2.75) is 20.8 Å². The van der Waals surface area contributed by atoms with E-state index in [0.717, 1.165) is 35.7 Å². The Bertz CT molecular complexity index is 692. The minimum absolute atomic E-state index is 0.0310. The summed E-state index contributed by atoms with van der Waals surface area (Å²) in [5.41, 5.74) is 5.06. The Balaban J connectivity index is 2.06. The number of aryl methyl sites for hydroxylation is 2. The van der Waals surface area contributed by atoms with Gasteiger partial charge in [0.25, 0.3) is 5.91 Å². The van der Waals surface area contributed by atoms with Gasteiger partial charge in [0.15, 0.2) is 0 Å². The Kier molecular flexibility index (Phi) is 6.58. The molecule has 5 heteroatoms. The first-order valence-electron chi connectivity index (χ1n) is 8.29. The van der Waals surface area contributed by atoms with Gasteiger partial charge in [-0.1, -0.05) is 18.2 Å². The largest absolute Gasteiger partial charge is 0.383 e. The SMILES string of the molecule is COCCNCCNC(=O)c1cc(C)n(-c2ccccc2C)c1C. The predicted molar refractivity (Wildman–Crippen MR) is 97.1 cm³/mol. The van der Waals surface area contributed by atoms with Crippen molar-refractivity contribution in [2.24, 2.45) is 0 Å². The first kappa shape index (κ1) is 18.2. The van der Waals surface area contributed by atoms with Crippen LogP contribution in [0.5, 0.6) is 0 Å². The Hall–Kier alpha value is -2.11.